The molecule has 78 valence electrons. The molecule has 1 heterocycles. The standard InChI is InChI=1S/C12H20N2/c1-13-10-6-3-2-4-8-12-9-5-7-11-14-12/h5,7,9,11,13H,2-4,6,8,10H2,1H3. The minimum atomic E-state index is 1.13. The summed E-state index contributed by atoms with van der Waals surface area (Å²) in [7, 11) is 2.01. The number of aromatic nitrogens is 1. The molecule has 2 nitrogen and oxygen atoms in total. The second-order valence-electron chi connectivity index (χ2n) is 3.59. The van der Waals surface area contributed by atoms with Crippen LogP contribution in [-0.4, -0.2) is 18.6 Å². The molecule has 0 bridgehead atoms. The van der Waals surface area contributed by atoms with E-state index in [0.29, 0.717) is 0 Å². The molecule has 0 aliphatic rings. The van der Waals surface area contributed by atoms with Crippen LogP contribution in [0, 0.1) is 0 Å². The van der Waals surface area contributed by atoms with Crippen LogP contribution >= 0.6 is 0 Å². The predicted octanol–water partition coefficient (Wildman–Crippen LogP) is 2.40. The van der Waals surface area contributed by atoms with Crippen LogP contribution < -0.4 is 5.32 Å². The van der Waals surface area contributed by atoms with Gasteiger partial charge in [-0.2, -0.15) is 0 Å². The Morgan fingerprint density at radius 2 is 2.00 bits per heavy atom. The Morgan fingerprint density at radius 3 is 2.71 bits per heavy atom. The van der Waals surface area contributed by atoms with E-state index in [1.165, 1.54) is 31.4 Å². The van der Waals surface area contributed by atoms with Crippen molar-refractivity contribution in [2.24, 2.45) is 0 Å². The zero-order valence-corrected chi connectivity index (χ0v) is 9.00. The van der Waals surface area contributed by atoms with E-state index in [4.69, 9.17) is 0 Å². The van der Waals surface area contributed by atoms with Crippen molar-refractivity contribution in [3.05, 3.63) is 30.1 Å². The molecule has 0 amide bonds. The smallest absolute Gasteiger partial charge is 0.0403 e. The van der Waals surface area contributed by atoms with Crippen molar-refractivity contribution in [1.29, 1.82) is 0 Å². The fourth-order valence-corrected chi connectivity index (χ4v) is 1.51. The van der Waals surface area contributed by atoms with E-state index in [-0.39, 0.29) is 0 Å². The normalized spacial score (nSPS) is 10.4. The van der Waals surface area contributed by atoms with Gasteiger partial charge in [0.05, 0.1) is 0 Å². The summed E-state index contributed by atoms with van der Waals surface area (Å²) in [6.45, 7) is 1.14. The number of aryl methyl sites for hydroxylation is 1. The minimum Gasteiger partial charge on any atom is -0.320 e. The molecule has 0 fully saturated rings. The Hall–Kier alpha value is -0.890. The largest absolute Gasteiger partial charge is 0.320 e. The van der Waals surface area contributed by atoms with Gasteiger partial charge in [-0.15, -0.1) is 0 Å². The number of nitrogens with zero attached hydrogens (tertiary/aromatic N) is 1. The van der Waals surface area contributed by atoms with Gasteiger partial charge in [-0.1, -0.05) is 18.9 Å². The summed E-state index contributed by atoms with van der Waals surface area (Å²) in [4.78, 5) is 4.30. The number of pyridine rings is 1. The first-order valence-electron chi connectivity index (χ1n) is 5.48. The number of hydrogen-bond donors (Lipinski definition) is 1. The lowest BCUT2D eigenvalue weighted by Gasteiger charge is -2.01. The third-order valence-corrected chi connectivity index (χ3v) is 2.34. The molecule has 0 spiro atoms. The van der Waals surface area contributed by atoms with Gasteiger partial charge in [0.15, 0.2) is 0 Å². The number of unbranched alkanes of at least 4 members (excludes halogenated alkanes) is 3. The van der Waals surface area contributed by atoms with Crippen LogP contribution in [0.1, 0.15) is 31.4 Å². The van der Waals surface area contributed by atoms with Crippen molar-refractivity contribution in [2.45, 2.75) is 32.1 Å². The Bertz CT molecular complexity index is 221. The zero-order chi connectivity index (χ0) is 10.1. The van der Waals surface area contributed by atoms with E-state index in [9.17, 15) is 0 Å². The molecule has 0 saturated heterocycles. The summed E-state index contributed by atoms with van der Waals surface area (Å²) in [6, 6.07) is 6.13. The first-order valence-corrected chi connectivity index (χ1v) is 5.48. The van der Waals surface area contributed by atoms with Gasteiger partial charge in [0.1, 0.15) is 0 Å². The van der Waals surface area contributed by atoms with E-state index >= 15 is 0 Å². The van der Waals surface area contributed by atoms with Crippen LogP contribution in [0.2, 0.25) is 0 Å². The molecule has 0 unspecified atom stereocenters. The van der Waals surface area contributed by atoms with E-state index in [1.807, 2.05) is 19.3 Å². The number of hydrogen-bond acceptors (Lipinski definition) is 2. The third-order valence-electron chi connectivity index (χ3n) is 2.34. The summed E-state index contributed by atoms with van der Waals surface area (Å²) >= 11 is 0. The maximum Gasteiger partial charge on any atom is 0.0403 e. The SMILES string of the molecule is CNCCCCCCc1ccccn1. The lowest BCUT2D eigenvalue weighted by molar-refractivity contribution is 0.613. The van der Waals surface area contributed by atoms with E-state index in [0.717, 1.165) is 13.0 Å². The van der Waals surface area contributed by atoms with Crippen molar-refractivity contribution in [3.63, 3.8) is 0 Å². The molecule has 1 N–H and O–H groups in total. The summed E-state index contributed by atoms with van der Waals surface area (Å²) in [6.07, 6.45) is 8.20. The molecule has 2 heteroatoms. The summed E-state index contributed by atoms with van der Waals surface area (Å²) in [5.41, 5.74) is 1.22. The van der Waals surface area contributed by atoms with Crippen LogP contribution in [-0.2, 0) is 6.42 Å². The summed E-state index contributed by atoms with van der Waals surface area (Å²) < 4.78 is 0. The molecule has 0 aromatic carbocycles. The molecule has 0 radical (unpaired) electrons. The lowest BCUT2D eigenvalue weighted by atomic mass is 10.1. The summed E-state index contributed by atoms with van der Waals surface area (Å²) in [5.74, 6) is 0. The molecular formula is C12H20N2. The first kappa shape index (κ1) is 11.2. The Balaban J connectivity index is 1.99. The Morgan fingerprint density at radius 1 is 1.14 bits per heavy atom. The topological polar surface area (TPSA) is 24.9 Å². The van der Waals surface area contributed by atoms with Gasteiger partial charge in [-0.3, -0.25) is 4.98 Å². The van der Waals surface area contributed by atoms with Crippen molar-refractivity contribution >= 4 is 0 Å². The van der Waals surface area contributed by atoms with Gasteiger partial charge in [-0.05, 0) is 45.0 Å². The molecule has 1 rings (SSSR count). The fourth-order valence-electron chi connectivity index (χ4n) is 1.51. The van der Waals surface area contributed by atoms with Gasteiger partial charge in [0, 0.05) is 11.9 Å². The second-order valence-corrected chi connectivity index (χ2v) is 3.59. The highest BCUT2D eigenvalue weighted by atomic mass is 14.8. The molecule has 0 saturated carbocycles. The average molecular weight is 192 g/mol. The molecule has 14 heavy (non-hydrogen) atoms. The Labute approximate surface area is 86.8 Å². The molecule has 0 aliphatic heterocycles. The third kappa shape index (κ3) is 4.97. The fraction of sp³-hybridized carbons (Fsp3) is 0.583. The second kappa shape index (κ2) is 7.51. The monoisotopic (exact) mass is 192 g/mol. The van der Waals surface area contributed by atoms with Gasteiger partial charge in [-0.25, -0.2) is 0 Å². The van der Waals surface area contributed by atoms with Gasteiger partial charge in [0.2, 0.25) is 0 Å². The lowest BCUT2D eigenvalue weighted by Crippen LogP contribution is -2.06. The van der Waals surface area contributed by atoms with Crippen molar-refractivity contribution in [1.82, 2.24) is 10.3 Å². The van der Waals surface area contributed by atoms with Crippen LogP contribution in [0.5, 0.6) is 0 Å². The first-order chi connectivity index (χ1) is 6.93. The highest BCUT2D eigenvalue weighted by Gasteiger charge is 1.93. The van der Waals surface area contributed by atoms with Crippen LogP contribution in [0.4, 0.5) is 0 Å². The van der Waals surface area contributed by atoms with Gasteiger partial charge in [0.25, 0.3) is 0 Å². The van der Waals surface area contributed by atoms with E-state index in [2.05, 4.69) is 22.4 Å². The number of nitrogens with one attached hydrogen (secondary N) is 1. The van der Waals surface area contributed by atoms with Gasteiger partial charge < -0.3 is 5.32 Å². The molecule has 1 aromatic rings. The molecular weight excluding hydrogens is 172 g/mol. The van der Waals surface area contributed by atoms with Crippen molar-refractivity contribution in [3.8, 4) is 0 Å². The average Bonchev–Trinajstić information content (AvgIpc) is 2.25. The van der Waals surface area contributed by atoms with Gasteiger partial charge >= 0.3 is 0 Å². The zero-order valence-electron chi connectivity index (χ0n) is 9.00. The molecule has 0 atom stereocenters. The van der Waals surface area contributed by atoms with Crippen molar-refractivity contribution in [2.75, 3.05) is 13.6 Å². The maximum absolute atomic E-state index is 4.30. The highest BCUT2D eigenvalue weighted by Crippen LogP contribution is 2.04. The quantitative estimate of drug-likeness (QED) is 0.671. The molecule has 1 aromatic heterocycles. The van der Waals surface area contributed by atoms with E-state index in [1.54, 1.807) is 0 Å². The summed E-state index contributed by atoms with van der Waals surface area (Å²) in [5, 5.41) is 3.16. The highest BCUT2D eigenvalue weighted by molar-refractivity contribution is 5.03. The number of rotatable bonds is 7. The maximum atomic E-state index is 4.30. The van der Waals surface area contributed by atoms with E-state index < -0.39 is 0 Å². The van der Waals surface area contributed by atoms with Crippen molar-refractivity contribution < 1.29 is 0 Å². The predicted molar refractivity (Wildman–Crippen MR) is 60.3 cm³/mol. The van der Waals surface area contributed by atoms with Crippen LogP contribution in [0.25, 0.3) is 0 Å². The van der Waals surface area contributed by atoms with Crippen LogP contribution in [0.3, 0.4) is 0 Å². The Kier molecular flexibility index (Phi) is 6.00. The van der Waals surface area contributed by atoms with Crippen LogP contribution in [0.15, 0.2) is 24.4 Å². The minimum absolute atomic E-state index is 1.13. The molecule has 0 aliphatic carbocycles.